The smallest absolute Gasteiger partial charge is 0.293 e. The molecular formula is C21H22N4O3S. The van der Waals surface area contributed by atoms with Gasteiger partial charge in [0.25, 0.3) is 5.69 Å². The second-order valence-electron chi connectivity index (χ2n) is 7.41. The first kappa shape index (κ1) is 19.5. The second kappa shape index (κ2) is 7.88. The Hall–Kier alpha value is -2.84. The standard InChI is InChI=1S/C21H22N4O3S/c1-13-10-16(18(25(27)28)11-14(13)2)22-20(26)12-24-9-5-7-17(24)21-23-15-6-3-4-8-19(15)29-21/h3-4,6,8,10-11,17H,5,7,9,12H2,1-2H3,(H,22,26)/t17-/m0/s1. The summed E-state index contributed by atoms with van der Waals surface area (Å²) in [5.74, 6) is -0.246. The molecule has 0 saturated carbocycles. The lowest BCUT2D eigenvalue weighted by Gasteiger charge is -2.22. The Balaban J connectivity index is 1.51. The zero-order valence-electron chi connectivity index (χ0n) is 16.3. The van der Waals surface area contributed by atoms with E-state index in [-0.39, 0.29) is 29.9 Å². The van der Waals surface area contributed by atoms with Crippen LogP contribution < -0.4 is 5.32 Å². The highest BCUT2D eigenvalue weighted by Gasteiger charge is 2.30. The fourth-order valence-electron chi connectivity index (χ4n) is 3.75. The number of hydrogen-bond donors (Lipinski definition) is 1. The first-order valence-electron chi connectivity index (χ1n) is 9.57. The Bertz CT molecular complexity index is 1060. The summed E-state index contributed by atoms with van der Waals surface area (Å²) in [6, 6.07) is 11.3. The van der Waals surface area contributed by atoms with Crippen molar-refractivity contribution in [2.24, 2.45) is 0 Å². The Labute approximate surface area is 172 Å². The number of nitrogens with one attached hydrogen (secondary N) is 1. The number of aromatic nitrogens is 1. The van der Waals surface area contributed by atoms with Crippen LogP contribution in [0.2, 0.25) is 0 Å². The summed E-state index contributed by atoms with van der Waals surface area (Å²) in [6.45, 7) is 4.69. The first-order valence-corrected chi connectivity index (χ1v) is 10.4. The molecule has 1 atom stereocenters. The van der Waals surface area contributed by atoms with Crippen LogP contribution in [-0.4, -0.2) is 33.8 Å². The molecule has 2 heterocycles. The van der Waals surface area contributed by atoms with Gasteiger partial charge in [-0.3, -0.25) is 19.8 Å². The Kier molecular flexibility index (Phi) is 5.29. The van der Waals surface area contributed by atoms with E-state index in [4.69, 9.17) is 4.98 Å². The van der Waals surface area contributed by atoms with Gasteiger partial charge in [-0.15, -0.1) is 11.3 Å². The zero-order chi connectivity index (χ0) is 20.5. The van der Waals surface area contributed by atoms with Gasteiger partial charge >= 0.3 is 0 Å². The minimum absolute atomic E-state index is 0.0782. The summed E-state index contributed by atoms with van der Waals surface area (Å²) in [5.41, 5.74) is 2.88. The van der Waals surface area contributed by atoms with Crippen LogP contribution in [0.25, 0.3) is 10.2 Å². The highest BCUT2D eigenvalue weighted by Crippen LogP contribution is 2.36. The minimum Gasteiger partial charge on any atom is -0.319 e. The number of thiazole rings is 1. The number of para-hydroxylation sites is 1. The second-order valence-corrected chi connectivity index (χ2v) is 8.47. The van der Waals surface area contributed by atoms with Gasteiger partial charge in [-0.05, 0) is 62.6 Å². The van der Waals surface area contributed by atoms with Gasteiger partial charge < -0.3 is 5.32 Å². The molecule has 1 aliphatic heterocycles. The third-order valence-corrected chi connectivity index (χ3v) is 6.53. The van der Waals surface area contributed by atoms with E-state index >= 15 is 0 Å². The van der Waals surface area contributed by atoms with Crippen molar-refractivity contribution in [2.45, 2.75) is 32.7 Å². The van der Waals surface area contributed by atoms with Crippen LogP contribution in [0.5, 0.6) is 0 Å². The van der Waals surface area contributed by atoms with E-state index in [0.717, 1.165) is 45.7 Å². The van der Waals surface area contributed by atoms with Crippen LogP contribution in [0.15, 0.2) is 36.4 Å². The van der Waals surface area contributed by atoms with E-state index in [0.29, 0.717) is 0 Å². The Morgan fingerprint density at radius 3 is 2.83 bits per heavy atom. The lowest BCUT2D eigenvalue weighted by molar-refractivity contribution is -0.384. The van der Waals surface area contributed by atoms with Crippen LogP contribution in [-0.2, 0) is 4.79 Å². The third-order valence-electron chi connectivity index (χ3n) is 5.39. The van der Waals surface area contributed by atoms with Crippen molar-refractivity contribution in [3.63, 3.8) is 0 Å². The number of carbonyl (C=O) groups is 1. The number of carbonyl (C=O) groups excluding carboxylic acids is 1. The molecule has 7 nitrogen and oxygen atoms in total. The largest absolute Gasteiger partial charge is 0.319 e. The van der Waals surface area contributed by atoms with Gasteiger partial charge in [0, 0.05) is 6.07 Å². The summed E-state index contributed by atoms with van der Waals surface area (Å²) >= 11 is 1.67. The average molecular weight is 410 g/mol. The maximum atomic E-state index is 12.7. The monoisotopic (exact) mass is 410 g/mol. The Morgan fingerprint density at radius 2 is 2.07 bits per heavy atom. The number of nitrogens with zero attached hydrogens (tertiary/aromatic N) is 3. The van der Waals surface area contributed by atoms with E-state index in [9.17, 15) is 14.9 Å². The maximum Gasteiger partial charge on any atom is 0.293 e. The van der Waals surface area contributed by atoms with Crippen molar-refractivity contribution in [3.05, 3.63) is 62.6 Å². The number of anilines is 1. The molecule has 3 aromatic rings. The highest BCUT2D eigenvalue weighted by molar-refractivity contribution is 7.18. The van der Waals surface area contributed by atoms with E-state index < -0.39 is 4.92 Å². The van der Waals surface area contributed by atoms with Gasteiger partial charge in [-0.25, -0.2) is 4.98 Å². The van der Waals surface area contributed by atoms with Gasteiger partial charge in [0.15, 0.2) is 0 Å². The van der Waals surface area contributed by atoms with Crippen molar-refractivity contribution in [3.8, 4) is 0 Å². The number of likely N-dealkylation sites (tertiary alicyclic amines) is 1. The molecule has 2 aromatic carbocycles. The fraction of sp³-hybridized carbons (Fsp3) is 0.333. The van der Waals surface area contributed by atoms with Crippen LogP contribution in [0.3, 0.4) is 0 Å². The van der Waals surface area contributed by atoms with Crippen LogP contribution in [0.4, 0.5) is 11.4 Å². The number of aryl methyl sites for hydroxylation is 2. The van der Waals surface area contributed by atoms with Gasteiger partial charge in [-0.2, -0.15) is 0 Å². The van der Waals surface area contributed by atoms with E-state index in [1.54, 1.807) is 17.4 Å². The van der Waals surface area contributed by atoms with Crippen molar-refractivity contribution in [1.82, 2.24) is 9.88 Å². The molecule has 150 valence electrons. The summed E-state index contributed by atoms with van der Waals surface area (Å²) < 4.78 is 1.14. The predicted molar refractivity (Wildman–Crippen MR) is 114 cm³/mol. The van der Waals surface area contributed by atoms with Crippen molar-refractivity contribution < 1.29 is 9.72 Å². The molecule has 1 aromatic heterocycles. The van der Waals surface area contributed by atoms with Crippen molar-refractivity contribution >= 4 is 38.8 Å². The lowest BCUT2D eigenvalue weighted by atomic mass is 10.1. The third kappa shape index (κ3) is 3.99. The summed E-state index contributed by atoms with van der Waals surface area (Å²) in [4.78, 5) is 30.5. The molecule has 1 amide bonds. The van der Waals surface area contributed by atoms with E-state index in [2.05, 4.69) is 16.3 Å². The summed E-state index contributed by atoms with van der Waals surface area (Å²) in [7, 11) is 0. The molecule has 1 saturated heterocycles. The lowest BCUT2D eigenvalue weighted by Crippen LogP contribution is -2.33. The SMILES string of the molecule is Cc1cc(NC(=O)CN2CCC[C@H]2c2nc3ccccc3s2)c([N+](=O)[O-])cc1C. The number of amides is 1. The highest BCUT2D eigenvalue weighted by atomic mass is 32.1. The Morgan fingerprint density at radius 1 is 1.31 bits per heavy atom. The van der Waals surface area contributed by atoms with E-state index in [1.165, 1.54) is 6.07 Å². The predicted octanol–water partition coefficient (Wildman–Crippen LogP) is 4.60. The molecule has 0 bridgehead atoms. The van der Waals surface area contributed by atoms with Gasteiger partial charge in [0.1, 0.15) is 10.7 Å². The zero-order valence-corrected chi connectivity index (χ0v) is 17.2. The first-order chi connectivity index (χ1) is 13.9. The molecule has 1 aliphatic rings. The minimum atomic E-state index is -0.457. The van der Waals surface area contributed by atoms with Crippen molar-refractivity contribution in [1.29, 1.82) is 0 Å². The normalized spacial score (nSPS) is 17.0. The number of rotatable bonds is 5. The fourth-order valence-corrected chi connectivity index (χ4v) is 4.89. The van der Waals surface area contributed by atoms with Crippen LogP contribution in [0, 0.1) is 24.0 Å². The number of fused-ring (bicyclic) bond motifs is 1. The van der Waals surface area contributed by atoms with Crippen LogP contribution >= 0.6 is 11.3 Å². The number of nitro groups is 1. The number of hydrogen-bond acceptors (Lipinski definition) is 6. The van der Waals surface area contributed by atoms with Gasteiger partial charge in [0.2, 0.25) is 5.91 Å². The van der Waals surface area contributed by atoms with Gasteiger partial charge in [0.05, 0.1) is 27.7 Å². The molecule has 8 heteroatoms. The molecule has 0 radical (unpaired) electrons. The number of nitro benzene ring substituents is 1. The maximum absolute atomic E-state index is 12.7. The van der Waals surface area contributed by atoms with E-state index in [1.807, 2.05) is 32.0 Å². The number of benzene rings is 2. The molecule has 4 rings (SSSR count). The van der Waals surface area contributed by atoms with Crippen molar-refractivity contribution in [2.75, 3.05) is 18.4 Å². The quantitative estimate of drug-likeness (QED) is 0.491. The molecule has 1 N–H and O–H groups in total. The summed E-state index contributed by atoms with van der Waals surface area (Å²) in [5, 5.41) is 15.1. The molecule has 1 fully saturated rings. The molecule has 29 heavy (non-hydrogen) atoms. The topological polar surface area (TPSA) is 88.4 Å². The average Bonchev–Trinajstić information content (AvgIpc) is 3.30. The molecule has 0 aliphatic carbocycles. The molecule has 0 spiro atoms. The summed E-state index contributed by atoms with van der Waals surface area (Å²) in [6.07, 6.45) is 1.95. The van der Waals surface area contributed by atoms with Crippen LogP contribution in [0.1, 0.15) is 35.0 Å². The molecule has 0 unspecified atom stereocenters. The molecular weight excluding hydrogens is 388 g/mol. The van der Waals surface area contributed by atoms with Gasteiger partial charge in [-0.1, -0.05) is 12.1 Å².